The van der Waals surface area contributed by atoms with Gasteiger partial charge in [-0.1, -0.05) is 0 Å². The van der Waals surface area contributed by atoms with Gasteiger partial charge in [-0.2, -0.15) is 0 Å². The lowest BCUT2D eigenvalue weighted by Crippen LogP contribution is -1.94. The zero-order chi connectivity index (χ0) is 6.97. The van der Waals surface area contributed by atoms with Crippen LogP contribution in [0, 0.1) is 0 Å². The molecule has 1 aromatic rings. The van der Waals surface area contributed by atoms with Crippen molar-refractivity contribution in [3.8, 4) is 0 Å². The summed E-state index contributed by atoms with van der Waals surface area (Å²) in [6.45, 7) is 0.288. The van der Waals surface area contributed by atoms with Crippen molar-refractivity contribution in [3.63, 3.8) is 0 Å². The fourth-order valence-corrected chi connectivity index (χ4v) is 0.852. The summed E-state index contributed by atoms with van der Waals surface area (Å²) in [5.41, 5.74) is 1.17. The number of fused-ring (bicyclic) bond motifs is 1. The second-order valence-corrected chi connectivity index (χ2v) is 1.96. The molecule has 10 heavy (non-hydrogen) atoms. The number of nitrogens with zero attached hydrogens (tertiary/aromatic N) is 2. The highest BCUT2D eigenvalue weighted by Crippen LogP contribution is 2.14. The molecule has 0 radical (unpaired) electrons. The SMILES string of the molecule is O=C1OCc2ncncc21. The largest absolute Gasteiger partial charge is 0.455 e. The zero-order valence-corrected chi connectivity index (χ0v) is 5.07. The summed E-state index contributed by atoms with van der Waals surface area (Å²) in [5, 5.41) is 0. The highest BCUT2D eigenvalue weighted by atomic mass is 16.5. The summed E-state index contributed by atoms with van der Waals surface area (Å²) in [5.74, 6) is -0.324. The van der Waals surface area contributed by atoms with Crippen LogP contribution in [0.25, 0.3) is 0 Å². The highest BCUT2D eigenvalue weighted by molar-refractivity contribution is 5.92. The van der Waals surface area contributed by atoms with Crippen molar-refractivity contribution in [1.29, 1.82) is 0 Å². The van der Waals surface area contributed by atoms with Crippen LogP contribution in [0.3, 0.4) is 0 Å². The summed E-state index contributed by atoms with van der Waals surface area (Å²) in [6, 6.07) is 0. The van der Waals surface area contributed by atoms with Gasteiger partial charge < -0.3 is 4.74 Å². The van der Waals surface area contributed by atoms with Crippen molar-refractivity contribution in [2.45, 2.75) is 6.61 Å². The van der Waals surface area contributed by atoms with Crippen molar-refractivity contribution in [2.75, 3.05) is 0 Å². The van der Waals surface area contributed by atoms with Gasteiger partial charge in [0.1, 0.15) is 18.5 Å². The Kier molecular flexibility index (Phi) is 0.943. The van der Waals surface area contributed by atoms with Crippen molar-refractivity contribution < 1.29 is 9.53 Å². The molecule has 2 heterocycles. The molecule has 0 spiro atoms. The fourth-order valence-electron chi connectivity index (χ4n) is 0.852. The standard InChI is InChI=1S/C6H4N2O2/c9-6-4-1-7-3-8-5(4)2-10-6/h1,3H,2H2. The molecule has 0 amide bonds. The third-order valence-corrected chi connectivity index (χ3v) is 1.35. The number of ether oxygens (including phenoxy) is 1. The lowest BCUT2D eigenvalue weighted by atomic mass is 10.3. The van der Waals surface area contributed by atoms with E-state index in [1.165, 1.54) is 12.5 Å². The summed E-state index contributed by atoms with van der Waals surface area (Å²) in [6.07, 6.45) is 2.87. The molecular weight excluding hydrogens is 132 g/mol. The van der Waals surface area contributed by atoms with E-state index in [1.807, 2.05) is 0 Å². The Morgan fingerprint density at radius 2 is 2.50 bits per heavy atom. The minimum Gasteiger partial charge on any atom is -0.455 e. The number of hydrogen-bond donors (Lipinski definition) is 0. The quantitative estimate of drug-likeness (QED) is 0.476. The molecule has 50 valence electrons. The molecule has 4 nitrogen and oxygen atoms in total. The first-order valence-electron chi connectivity index (χ1n) is 2.84. The first kappa shape index (κ1) is 5.34. The predicted molar refractivity (Wildman–Crippen MR) is 31.2 cm³/mol. The number of cyclic esters (lactones) is 1. The van der Waals surface area contributed by atoms with Crippen molar-refractivity contribution in [1.82, 2.24) is 9.97 Å². The van der Waals surface area contributed by atoms with Gasteiger partial charge in [0.15, 0.2) is 0 Å². The number of carbonyl (C=O) groups is 1. The average molecular weight is 136 g/mol. The van der Waals surface area contributed by atoms with E-state index in [0.717, 1.165) is 0 Å². The van der Waals surface area contributed by atoms with Crippen LogP contribution in [0.4, 0.5) is 0 Å². The van der Waals surface area contributed by atoms with E-state index in [2.05, 4.69) is 14.7 Å². The first-order chi connectivity index (χ1) is 4.88. The Morgan fingerprint density at radius 1 is 1.60 bits per heavy atom. The molecule has 0 aliphatic carbocycles. The Balaban J connectivity index is 2.61. The molecular formula is C6H4N2O2. The third kappa shape index (κ3) is 0.586. The van der Waals surface area contributed by atoms with Crippen LogP contribution in [-0.2, 0) is 11.3 Å². The fraction of sp³-hybridized carbons (Fsp3) is 0.167. The first-order valence-corrected chi connectivity index (χ1v) is 2.84. The smallest absolute Gasteiger partial charge is 0.342 e. The van der Waals surface area contributed by atoms with Crippen LogP contribution < -0.4 is 0 Å². The molecule has 1 aromatic heterocycles. The topological polar surface area (TPSA) is 52.1 Å². The van der Waals surface area contributed by atoms with E-state index in [1.54, 1.807) is 0 Å². The zero-order valence-electron chi connectivity index (χ0n) is 5.07. The van der Waals surface area contributed by atoms with Crippen molar-refractivity contribution in [2.24, 2.45) is 0 Å². The third-order valence-electron chi connectivity index (χ3n) is 1.35. The van der Waals surface area contributed by atoms with Gasteiger partial charge in [0.05, 0.1) is 5.69 Å². The molecule has 1 aliphatic rings. The second-order valence-electron chi connectivity index (χ2n) is 1.96. The van der Waals surface area contributed by atoms with E-state index >= 15 is 0 Å². The lowest BCUT2D eigenvalue weighted by Gasteiger charge is -1.86. The van der Waals surface area contributed by atoms with Crippen LogP contribution >= 0.6 is 0 Å². The minimum absolute atomic E-state index is 0.288. The van der Waals surface area contributed by atoms with E-state index < -0.39 is 0 Å². The van der Waals surface area contributed by atoms with E-state index in [4.69, 9.17) is 0 Å². The van der Waals surface area contributed by atoms with Gasteiger partial charge in [-0.3, -0.25) is 0 Å². The Bertz CT molecular complexity index is 285. The maximum absolute atomic E-state index is 10.8. The Hall–Kier alpha value is -1.45. The second kappa shape index (κ2) is 1.76. The molecule has 0 atom stereocenters. The normalized spacial score (nSPS) is 14.6. The summed E-state index contributed by atoms with van der Waals surface area (Å²) in [7, 11) is 0. The highest BCUT2D eigenvalue weighted by Gasteiger charge is 2.21. The molecule has 0 N–H and O–H groups in total. The molecule has 0 unspecified atom stereocenters. The van der Waals surface area contributed by atoms with Crippen LogP contribution in [0.1, 0.15) is 16.1 Å². The average Bonchev–Trinajstić information content (AvgIpc) is 2.34. The maximum Gasteiger partial charge on any atom is 0.342 e. The van der Waals surface area contributed by atoms with Crippen molar-refractivity contribution in [3.05, 3.63) is 23.8 Å². The number of esters is 1. The summed E-state index contributed by atoms with van der Waals surface area (Å²) >= 11 is 0. The van der Waals surface area contributed by atoms with Crippen LogP contribution in [0.15, 0.2) is 12.5 Å². The van der Waals surface area contributed by atoms with Gasteiger partial charge in [-0.15, -0.1) is 0 Å². The molecule has 0 saturated carbocycles. The Morgan fingerprint density at radius 3 is 3.30 bits per heavy atom. The van der Waals surface area contributed by atoms with Gasteiger partial charge in [0, 0.05) is 6.20 Å². The summed E-state index contributed by atoms with van der Waals surface area (Å²) in [4.78, 5) is 18.3. The minimum atomic E-state index is -0.324. The monoisotopic (exact) mass is 136 g/mol. The molecule has 0 saturated heterocycles. The molecule has 2 rings (SSSR count). The van der Waals surface area contributed by atoms with E-state index in [0.29, 0.717) is 11.3 Å². The van der Waals surface area contributed by atoms with E-state index in [-0.39, 0.29) is 12.6 Å². The van der Waals surface area contributed by atoms with Crippen molar-refractivity contribution >= 4 is 5.97 Å². The van der Waals surface area contributed by atoms with Gasteiger partial charge in [0.2, 0.25) is 0 Å². The molecule has 0 aromatic carbocycles. The van der Waals surface area contributed by atoms with Gasteiger partial charge in [-0.25, -0.2) is 14.8 Å². The lowest BCUT2D eigenvalue weighted by molar-refractivity contribution is 0.0533. The molecule has 1 aliphatic heterocycles. The Labute approximate surface area is 56.9 Å². The van der Waals surface area contributed by atoms with Gasteiger partial charge in [0.25, 0.3) is 0 Å². The van der Waals surface area contributed by atoms with Crippen LogP contribution in [0.5, 0.6) is 0 Å². The number of rotatable bonds is 0. The maximum atomic E-state index is 10.8. The number of aromatic nitrogens is 2. The molecule has 4 heteroatoms. The van der Waals surface area contributed by atoms with Gasteiger partial charge >= 0.3 is 5.97 Å². The summed E-state index contributed by atoms with van der Waals surface area (Å²) < 4.78 is 4.68. The predicted octanol–water partition coefficient (Wildman–Crippen LogP) is 0.147. The number of hydrogen-bond acceptors (Lipinski definition) is 4. The molecule has 0 bridgehead atoms. The van der Waals surface area contributed by atoms with Crippen LogP contribution in [0.2, 0.25) is 0 Å². The van der Waals surface area contributed by atoms with E-state index in [9.17, 15) is 4.79 Å². The number of carbonyl (C=O) groups excluding carboxylic acids is 1. The van der Waals surface area contributed by atoms with Crippen LogP contribution in [-0.4, -0.2) is 15.9 Å². The van der Waals surface area contributed by atoms with Gasteiger partial charge in [-0.05, 0) is 0 Å². The molecule has 0 fully saturated rings.